The van der Waals surface area contributed by atoms with E-state index in [9.17, 15) is 10.1 Å². The van der Waals surface area contributed by atoms with Crippen molar-refractivity contribution in [1.82, 2.24) is 9.97 Å². The van der Waals surface area contributed by atoms with Gasteiger partial charge in [0.05, 0.1) is 16.8 Å². The molecule has 0 saturated heterocycles. The molecule has 12 heteroatoms. The number of hydrogen-bond acceptors (Lipinski definition) is 8. The molecule has 0 atom stereocenters. The van der Waals surface area contributed by atoms with E-state index >= 15 is 0 Å². The van der Waals surface area contributed by atoms with E-state index in [0.717, 1.165) is 10.8 Å². The lowest BCUT2D eigenvalue weighted by atomic mass is 10.2. The molecule has 1 aromatic heterocycles. The summed E-state index contributed by atoms with van der Waals surface area (Å²) >= 11 is 17.7. The Hall–Kier alpha value is -1.13. The van der Waals surface area contributed by atoms with E-state index in [1.807, 2.05) is 0 Å². The number of anilines is 2. The van der Waals surface area contributed by atoms with Crippen LogP contribution in [-0.2, 0) is 3.79 Å². The molecule has 0 bridgehead atoms. The quantitative estimate of drug-likeness (QED) is 0.252. The Balaban J connectivity index is 2.28. The van der Waals surface area contributed by atoms with Crippen molar-refractivity contribution in [3.05, 3.63) is 40.1 Å². The number of benzene rings is 1. The summed E-state index contributed by atoms with van der Waals surface area (Å²) in [6.07, 6.45) is 1.39. The average Bonchev–Trinajstić information content (AvgIpc) is 2.47. The van der Waals surface area contributed by atoms with Gasteiger partial charge in [0.1, 0.15) is 0 Å². The van der Waals surface area contributed by atoms with Gasteiger partial charge in [0.25, 0.3) is 5.69 Å². The van der Waals surface area contributed by atoms with Crippen LogP contribution in [-0.4, -0.2) is 14.9 Å². The predicted octanol–water partition coefficient (Wildman–Crippen LogP) is 4.18. The fraction of sp³-hybridized carbons (Fsp3) is 0.0909. The van der Waals surface area contributed by atoms with E-state index < -0.39 is 8.72 Å². The number of nitrogens with zero attached hydrogens (tertiary/aromatic N) is 3. The summed E-state index contributed by atoms with van der Waals surface area (Å²) in [5.41, 5.74) is 11.4. The number of nitro benzene ring substituents is 1. The number of nitrogen functional groups attached to an aromatic ring is 2. The van der Waals surface area contributed by atoms with Gasteiger partial charge in [-0.3, -0.25) is 10.1 Å². The maximum atomic E-state index is 10.9. The molecule has 2 rings (SSSR count). The van der Waals surface area contributed by atoms with Gasteiger partial charge in [0, 0.05) is 22.6 Å². The largest absolute Gasteiger partial charge is 0.394 e. The van der Waals surface area contributed by atoms with Gasteiger partial charge in [0.15, 0.2) is 5.82 Å². The minimum Gasteiger partial charge on any atom is -0.394 e. The average molecular weight is 413 g/mol. The van der Waals surface area contributed by atoms with Crippen molar-refractivity contribution in [2.45, 2.75) is 13.8 Å². The highest BCUT2D eigenvalue weighted by Gasteiger charge is 2.29. The van der Waals surface area contributed by atoms with Crippen LogP contribution in [0.25, 0.3) is 0 Å². The zero-order valence-electron chi connectivity index (χ0n) is 11.1. The minimum absolute atomic E-state index is 0.161. The van der Waals surface area contributed by atoms with E-state index in [-0.39, 0.29) is 22.8 Å². The number of alkyl halides is 3. The smallest absolute Gasteiger partial charge is 0.269 e. The third-order valence-electron chi connectivity index (χ3n) is 2.51. The van der Waals surface area contributed by atoms with Crippen molar-refractivity contribution in [2.75, 3.05) is 11.5 Å². The molecule has 0 unspecified atom stereocenters. The third-order valence-corrected chi connectivity index (χ3v) is 5.32. The van der Waals surface area contributed by atoms with Crippen molar-refractivity contribution >= 4 is 73.6 Å². The van der Waals surface area contributed by atoms with Crippen LogP contribution < -0.4 is 11.5 Å². The third kappa shape index (κ3) is 4.67. The monoisotopic (exact) mass is 411 g/mol. The van der Waals surface area contributed by atoms with Crippen LogP contribution in [0.3, 0.4) is 0 Å². The molecule has 7 nitrogen and oxygen atoms in total. The molecule has 1 heterocycles. The molecule has 0 aliphatic heterocycles. The van der Waals surface area contributed by atoms with Crippen LogP contribution in [0.15, 0.2) is 34.4 Å². The van der Waals surface area contributed by atoms with Gasteiger partial charge in [-0.25, -0.2) is 9.97 Å². The van der Waals surface area contributed by atoms with E-state index in [1.165, 1.54) is 35.2 Å². The number of halogens is 3. The van der Waals surface area contributed by atoms with Crippen molar-refractivity contribution in [2.24, 2.45) is 0 Å². The summed E-state index contributed by atoms with van der Waals surface area (Å²) in [5, 5.41) is 11.2. The minimum atomic E-state index is -1.81. The fourth-order valence-corrected chi connectivity index (χ4v) is 4.06. The predicted molar refractivity (Wildman–Crippen MR) is 94.9 cm³/mol. The molecule has 1 aromatic carbocycles. The number of aromatic nitrogens is 2. The highest BCUT2D eigenvalue weighted by molar-refractivity contribution is 8.76. The van der Waals surface area contributed by atoms with Gasteiger partial charge >= 0.3 is 0 Å². The fourth-order valence-electron chi connectivity index (χ4n) is 1.44. The molecule has 122 valence electrons. The van der Waals surface area contributed by atoms with Gasteiger partial charge < -0.3 is 11.5 Å². The van der Waals surface area contributed by atoms with Gasteiger partial charge in [-0.15, -0.1) is 0 Å². The standard InChI is InChI=1S/C11H8Cl3N5O2S2/c12-11(13,14)6-3-5(19(20)21)1-2-8(6)22-23-10-17-4-7(15)9(16)18-10/h1-4H,15H2,(H2,16,17,18). The van der Waals surface area contributed by atoms with Crippen molar-refractivity contribution in [3.8, 4) is 0 Å². The van der Waals surface area contributed by atoms with Crippen LogP contribution in [0, 0.1) is 10.1 Å². The number of nitrogens with two attached hydrogens (primary N) is 2. The molecule has 4 N–H and O–H groups in total. The number of non-ortho nitro benzene ring substituents is 1. The van der Waals surface area contributed by atoms with E-state index in [0.29, 0.717) is 10.1 Å². The second kappa shape index (κ2) is 7.18. The van der Waals surface area contributed by atoms with Gasteiger partial charge in [0.2, 0.25) is 8.95 Å². The molecule has 0 amide bonds. The molecule has 0 saturated carbocycles. The molecular formula is C11H8Cl3N5O2S2. The van der Waals surface area contributed by atoms with Crippen LogP contribution in [0.2, 0.25) is 0 Å². The van der Waals surface area contributed by atoms with E-state index in [2.05, 4.69) is 9.97 Å². The Kier molecular flexibility index (Phi) is 5.69. The lowest BCUT2D eigenvalue weighted by Gasteiger charge is -2.15. The van der Waals surface area contributed by atoms with Crippen molar-refractivity contribution in [3.63, 3.8) is 0 Å². The van der Waals surface area contributed by atoms with Crippen LogP contribution in [0.5, 0.6) is 0 Å². The normalized spacial score (nSPS) is 11.4. The van der Waals surface area contributed by atoms with Crippen LogP contribution in [0.4, 0.5) is 17.2 Å². The first-order valence-corrected chi connectivity index (χ1v) is 9.05. The Morgan fingerprint density at radius 2 is 1.91 bits per heavy atom. The van der Waals surface area contributed by atoms with Crippen molar-refractivity contribution < 1.29 is 4.92 Å². The number of rotatable bonds is 4. The van der Waals surface area contributed by atoms with E-state index in [1.54, 1.807) is 0 Å². The van der Waals surface area contributed by atoms with Gasteiger partial charge in [-0.1, -0.05) is 34.8 Å². The molecule has 0 radical (unpaired) electrons. The topological polar surface area (TPSA) is 121 Å². The zero-order valence-corrected chi connectivity index (χ0v) is 15.0. The van der Waals surface area contributed by atoms with Crippen LogP contribution >= 0.6 is 56.4 Å². The number of hydrogen-bond donors (Lipinski definition) is 2. The Labute approximate surface area is 153 Å². The van der Waals surface area contributed by atoms with Gasteiger partial charge in [-0.05, 0) is 27.7 Å². The Morgan fingerprint density at radius 1 is 1.22 bits per heavy atom. The first kappa shape index (κ1) is 18.2. The molecule has 23 heavy (non-hydrogen) atoms. The second-order valence-electron chi connectivity index (χ2n) is 4.10. The van der Waals surface area contributed by atoms with Crippen LogP contribution in [0.1, 0.15) is 5.56 Å². The maximum absolute atomic E-state index is 10.9. The summed E-state index contributed by atoms with van der Waals surface area (Å²) in [4.78, 5) is 18.8. The number of nitro groups is 1. The lowest BCUT2D eigenvalue weighted by molar-refractivity contribution is -0.385. The van der Waals surface area contributed by atoms with E-state index in [4.69, 9.17) is 46.3 Å². The van der Waals surface area contributed by atoms with Crippen molar-refractivity contribution in [1.29, 1.82) is 0 Å². The summed E-state index contributed by atoms with van der Waals surface area (Å²) in [6.45, 7) is 0. The molecular weight excluding hydrogens is 405 g/mol. The lowest BCUT2D eigenvalue weighted by Crippen LogP contribution is -2.03. The second-order valence-corrected chi connectivity index (χ2v) is 8.51. The zero-order chi connectivity index (χ0) is 17.2. The molecule has 2 aromatic rings. The SMILES string of the molecule is Nc1cnc(SSc2ccc([N+](=O)[O-])cc2C(Cl)(Cl)Cl)nc1N. The Bertz CT molecular complexity index is 757. The first-order valence-electron chi connectivity index (χ1n) is 5.76. The summed E-state index contributed by atoms with van der Waals surface area (Å²) in [6, 6.07) is 4.03. The Morgan fingerprint density at radius 3 is 2.48 bits per heavy atom. The highest BCUT2D eigenvalue weighted by Crippen LogP contribution is 2.47. The highest BCUT2D eigenvalue weighted by atomic mass is 35.6. The molecule has 0 aliphatic rings. The van der Waals surface area contributed by atoms with Gasteiger partial charge in [-0.2, -0.15) is 0 Å². The molecule has 0 fully saturated rings. The maximum Gasteiger partial charge on any atom is 0.269 e. The molecule has 0 aliphatic carbocycles. The summed E-state index contributed by atoms with van der Waals surface area (Å²) in [7, 11) is 2.34. The summed E-state index contributed by atoms with van der Waals surface area (Å²) < 4.78 is -1.81. The first-order chi connectivity index (χ1) is 10.7. The molecule has 0 spiro atoms. The summed E-state index contributed by atoms with van der Waals surface area (Å²) in [5.74, 6) is 0.161.